The monoisotopic (exact) mass is 424 g/mol. The van der Waals surface area contributed by atoms with E-state index >= 15 is 0 Å². The molecule has 0 saturated carbocycles. The molecule has 0 atom stereocenters. The number of carbonyl (C=O) groups excluding carboxylic acids is 1. The molecular formula is C18H18BrClN2O3. The lowest BCUT2D eigenvalue weighted by molar-refractivity contribution is 0.0955. The standard InChI is InChI=1S/C18H18BrClN2O3/c1-3-24-16-9-12(8-15(19)17(16)25-4-2)11-21-22-18(23)13-6-5-7-14(20)10-13/h5-11H,3-4H2,1-2H3,(H,22,23)/b21-11-. The van der Waals surface area contributed by atoms with Crippen molar-refractivity contribution in [2.24, 2.45) is 5.10 Å². The first-order valence-corrected chi connectivity index (χ1v) is 8.90. The largest absolute Gasteiger partial charge is 0.490 e. The molecule has 1 amide bonds. The molecule has 2 aromatic carbocycles. The molecule has 0 bridgehead atoms. The summed E-state index contributed by atoms with van der Waals surface area (Å²) in [5.41, 5.74) is 3.66. The van der Waals surface area contributed by atoms with Crippen molar-refractivity contribution < 1.29 is 14.3 Å². The summed E-state index contributed by atoms with van der Waals surface area (Å²) in [5.74, 6) is 0.916. The Morgan fingerprint density at radius 2 is 2.00 bits per heavy atom. The molecule has 0 saturated heterocycles. The van der Waals surface area contributed by atoms with Gasteiger partial charge in [0.25, 0.3) is 5.91 Å². The molecule has 132 valence electrons. The van der Waals surface area contributed by atoms with Crippen molar-refractivity contribution in [2.45, 2.75) is 13.8 Å². The van der Waals surface area contributed by atoms with Gasteiger partial charge in [0.05, 0.1) is 23.9 Å². The van der Waals surface area contributed by atoms with Gasteiger partial charge in [-0.2, -0.15) is 5.10 Å². The Bertz CT molecular complexity index is 781. The lowest BCUT2D eigenvalue weighted by Crippen LogP contribution is -2.17. The van der Waals surface area contributed by atoms with Crippen LogP contribution >= 0.6 is 27.5 Å². The molecular weight excluding hydrogens is 408 g/mol. The molecule has 0 heterocycles. The molecule has 0 spiro atoms. The quantitative estimate of drug-likeness (QED) is 0.518. The van der Waals surface area contributed by atoms with Crippen LogP contribution in [0, 0.1) is 0 Å². The molecule has 2 rings (SSSR count). The maximum absolute atomic E-state index is 12.0. The normalized spacial score (nSPS) is 10.7. The van der Waals surface area contributed by atoms with Gasteiger partial charge in [-0.05, 0) is 65.7 Å². The molecule has 0 aliphatic heterocycles. The maximum atomic E-state index is 12.0. The predicted octanol–water partition coefficient (Wildman–Crippen LogP) is 4.66. The van der Waals surface area contributed by atoms with E-state index in [9.17, 15) is 4.79 Å². The third-order valence-corrected chi connectivity index (χ3v) is 3.91. The number of carbonyl (C=O) groups is 1. The van der Waals surface area contributed by atoms with E-state index in [0.29, 0.717) is 35.3 Å². The topological polar surface area (TPSA) is 59.9 Å². The summed E-state index contributed by atoms with van der Waals surface area (Å²) >= 11 is 9.34. The minimum atomic E-state index is -0.339. The number of rotatable bonds is 7. The molecule has 5 nitrogen and oxygen atoms in total. The zero-order chi connectivity index (χ0) is 18.2. The zero-order valence-corrected chi connectivity index (χ0v) is 16.2. The minimum Gasteiger partial charge on any atom is -0.490 e. The Balaban J connectivity index is 2.13. The lowest BCUT2D eigenvalue weighted by Gasteiger charge is -2.13. The van der Waals surface area contributed by atoms with Crippen LogP contribution in [0.1, 0.15) is 29.8 Å². The summed E-state index contributed by atoms with van der Waals surface area (Å²) in [4.78, 5) is 12.0. The van der Waals surface area contributed by atoms with Gasteiger partial charge < -0.3 is 9.47 Å². The van der Waals surface area contributed by atoms with E-state index in [4.69, 9.17) is 21.1 Å². The number of benzene rings is 2. The van der Waals surface area contributed by atoms with Crippen molar-refractivity contribution in [1.82, 2.24) is 5.43 Å². The number of hydrogen-bond donors (Lipinski definition) is 1. The fourth-order valence-electron chi connectivity index (χ4n) is 2.07. The highest BCUT2D eigenvalue weighted by Crippen LogP contribution is 2.36. The van der Waals surface area contributed by atoms with Gasteiger partial charge in [0.15, 0.2) is 11.5 Å². The van der Waals surface area contributed by atoms with E-state index in [-0.39, 0.29) is 5.91 Å². The molecule has 7 heteroatoms. The van der Waals surface area contributed by atoms with E-state index in [1.165, 1.54) is 6.21 Å². The van der Waals surface area contributed by atoms with Gasteiger partial charge in [0, 0.05) is 10.6 Å². The highest BCUT2D eigenvalue weighted by molar-refractivity contribution is 9.10. The van der Waals surface area contributed by atoms with Crippen LogP contribution in [-0.4, -0.2) is 25.3 Å². The van der Waals surface area contributed by atoms with Crippen molar-refractivity contribution in [1.29, 1.82) is 0 Å². The van der Waals surface area contributed by atoms with Gasteiger partial charge in [0.2, 0.25) is 0 Å². The highest BCUT2D eigenvalue weighted by atomic mass is 79.9. The minimum absolute atomic E-state index is 0.339. The highest BCUT2D eigenvalue weighted by Gasteiger charge is 2.11. The second kappa shape index (κ2) is 9.44. The number of ether oxygens (including phenoxy) is 2. The molecule has 0 unspecified atom stereocenters. The first kappa shape index (κ1) is 19.3. The Morgan fingerprint density at radius 1 is 1.24 bits per heavy atom. The number of amides is 1. The molecule has 1 N–H and O–H groups in total. The summed E-state index contributed by atoms with van der Waals surface area (Å²) in [6.07, 6.45) is 1.53. The van der Waals surface area contributed by atoms with E-state index in [0.717, 1.165) is 10.0 Å². The summed E-state index contributed by atoms with van der Waals surface area (Å²) in [6, 6.07) is 10.3. The van der Waals surface area contributed by atoms with Gasteiger partial charge in [0.1, 0.15) is 0 Å². The first-order chi connectivity index (χ1) is 12.0. The van der Waals surface area contributed by atoms with Crippen LogP contribution in [0.5, 0.6) is 11.5 Å². The molecule has 0 aliphatic rings. The first-order valence-electron chi connectivity index (χ1n) is 7.73. The fraction of sp³-hybridized carbons (Fsp3) is 0.222. The van der Waals surface area contributed by atoms with Gasteiger partial charge in [-0.1, -0.05) is 17.7 Å². The van der Waals surface area contributed by atoms with Crippen molar-refractivity contribution in [3.63, 3.8) is 0 Å². The number of nitrogens with zero attached hydrogens (tertiary/aromatic N) is 1. The van der Waals surface area contributed by atoms with Gasteiger partial charge in [-0.15, -0.1) is 0 Å². The van der Waals surface area contributed by atoms with Crippen molar-refractivity contribution in [3.05, 3.63) is 57.0 Å². The van der Waals surface area contributed by atoms with Crippen molar-refractivity contribution in [3.8, 4) is 11.5 Å². The lowest BCUT2D eigenvalue weighted by atomic mass is 10.2. The van der Waals surface area contributed by atoms with Crippen LogP contribution in [0.4, 0.5) is 0 Å². The Kier molecular flexibility index (Phi) is 7.28. The van der Waals surface area contributed by atoms with Crippen molar-refractivity contribution >= 4 is 39.7 Å². The molecule has 0 fully saturated rings. The summed E-state index contributed by atoms with van der Waals surface area (Å²) < 4.78 is 11.9. The summed E-state index contributed by atoms with van der Waals surface area (Å²) in [5, 5.41) is 4.47. The molecule has 25 heavy (non-hydrogen) atoms. The van der Waals surface area contributed by atoms with E-state index < -0.39 is 0 Å². The van der Waals surface area contributed by atoms with E-state index in [1.807, 2.05) is 19.9 Å². The summed E-state index contributed by atoms with van der Waals surface area (Å²) in [7, 11) is 0. The van der Waals surface area contributed by atoms with E-state index in [2.05, 4.69) is 26.5 Å². The third-order valence-electron chi connectivity index (χ3n) is 3.09. The maximum Gasteiger partial charge on any atom is 0.271 e. The predicted molar refractivity (Wildman–Crippen MR) is 103 cm³/mol. The Hall–Kier alpha value is -2.05. The number of halogens is 2. The fourth-order valence-corrected chi connectivity index (χ4v) is 2.83. The van der Waals surface area contributed by atoms with Gasteiger partial charge in [-0.3, -0.25) is 4.79 Å². The summed E-state index contributed by atoms with van der Waals surface area (Å²) in [6.45, 7) is 4.85. The van der Waals surface area contributed by atoms with Crippen molar-refractivity contribution in [2.75, 3.05) is 13.2 Å². The van der Waals surface area contributed by atoms with Crippen LogP contribution < -0.4 is 14.9 Å². The number of hydrogen-bond acceptors (Lipinski definition) is 4. The zero-order valence-electron chi connectivity index (χ0n) is 13.9. The number of hydrazone groups is 1. The Morgan fingerprint density at radius 3 is 2.68 bits per heavy atom. The van der Waals surface area contributed by atoms with Crippen LogP contribution in [-0.2, 0) is 0 Å². The van der Waals surface area contributed by atoms with Crippen LogP contribution in [0.25, 0.3) is 0 Å². The molecule has 0 aliphatic carbocycles. The SMILES string of the molecule is CCOc1cc(/C=N\NC(=O)c2cccc(Cl)c2)cc(Br)c1OCC. The average Bonchev–Trinajstić information content (AvgIpc) is 2.58. The molecule has 0 aromatic heterocycles. The van der Waals surface area contributed by atoms with Crippen LogP contribution in [0.3, 0.4) is 0 Å². The average molecular weight is 426 g/mol. The smallest absolute Gasteiger partial charge is 0.271 e. The third kappa shape index (κ3) is 5.47. The van der Waals surface area contributed by atoms with Gasteiger partial charge in [-0.25, -0.2) is 5.43 Å². The van der Waals surface area contributed by atoms with Crippen LogP contribution in [0.15, 0.2) is 46.0 Å². The van der Waals surface area contributed by atoms with Gasteiger partial charge >= 0.3 is 0 Å². The van der Waals surface area contributed by atoms with E-state index in [1.54, 1.807) is 30.3 Å². The van der Waals surface area contributed by atoms with Crippen LogP contribution in [0.2, 0.25) is 5.02 Å². The molecule has 2 aromatic rings. The second-order valence-electron chi connectivity index (χ2n) is 4.91. The number of nitrogens with one attached hydrogen (secondary N) is 1. The Labute approximate surface area is 160 Å². The second-order valence-corrected chi connectivity index (χ2v) is 6.20. The molecule has 0 radical (unpaired) electrons.